The number of ether oxygens (including phenoxy) is 2. The highest BCUT2D eigenvalue weighted by Gasteiger charge is 2.53. The Morgan fingerprint density at radius 1 is 1.04 bits per heavy atom. The number of benzene rings is 2. The van der Waals surface area contributed by atoms with Gasteiger partial charge in [-0.25, -0.2) is 0 Å². The van der Waals surface area contributed by atoms with E-state index in [2.05, 4.69) is 29.8 Å². The fourth-order valence-electron chi connectivity index (χ4n) is 6.28. The number of aryl methyl sites for hydroxylation is 1. The number of nitrogens with one attached hydrogen (secondary N) is 3. The van der Waals surface area contributed by atoms with Crippen LogP contribution in [-0.2, 0) is 32.1 Å². The summed E-state index contributed by atoms with van der Waals surface area (Å²) in [5.74, 6) is -0.0768. The first-order valence-corrected chi connectivity index (χ1v) is 16.5. The summed E-state index contributed by atoms with van der Waals surface area (Å²) in [6.07, 6.45) is 1.79. The maximum atomic E-state index is 14.3. The molecule has 0 saturated carbocycles. The zero-order valence-corrected chi connectivity index (χ0v) is 28.4. The summed E-state index contributed by atoms with van der Waals surface area (Å²) in [4.78, 5) is 42.8. The highest BCUT2D eigenvalue weighted by Crippen LogP contribution is 2.34. The van der Waals surface area contributed by atoms with Crippen molar-refractivity contribution >= 4 is 17.7 Å². The molecule has 0 spiro atoms. The fraction of sp³-hybridized carbons (Fsp3) is 0.583. The molecule has 1 aliphatic heterocycles. The topological polar surface area (TPSA) is 129 Å². The second-order valence-corrected chi connectivity index (χ2v) is 12.8. The van der Waals surface area contributed by atoms with Crippen molar-refractivity contribution in [2.24, 2.45) is 11.8 Å². The molecule has 4 N–H and O–H groups in total. The van der Waals surface area contributed by atoms with E-state index in [-0.39, 0.29) is 42.7 Å². The summed E-state index contributed by atoms with van der Waals surface area (Å²) in [5, 5.41) is 20.7. The number of aliphatic hydroxyl groups excluding tert-OH is 1. The number of nitrogens with zero attached hydrogens (tertiary/aromatic N) is 1. The number of carbonyl (C=O) groups excluding carboxylic acids is 3. The van der Waals surface area contributed by atoms with Crippen LogP contribution in [0, 0.1) is 11.8 Å². The van der Waals surface area contributed by atoms with Crippen LogP contribution in [0.1, 0.15) is 64.5 Å². The summed E-state index contributed by atoms with van der Waals surface area (Å²) in [6, 6.07) is 16.3. The average Bonchev–Trinajstić information content (AvgIpc) is 3.36. The van der Waals surface area contributed by atoms with Gasteiger partial charge >= 0.3 is 0 Å². The maximum Gasteiger partial charge on any atom is 0.249 e. The number of hydrogen-bond acceptors (Lipinski definition) is 7. The molecule has 10 nitrogen and oxygen atoms in total. The standard InChI is InChI=1S/C36H54N4O6/c1-7-26(4)36(39-33(42)24-45-5)18-19-40(35(36)44)31(17-16-27-12-9-8-10-13-27)34(43)38-30(20-25(2)3)32(41)23-37-22-28-14-11-15-29(21-28)46-6/h8-15,21,25-26,30-32,37,41H,7,16-20,22-24H2,1-6H3,(H,38,43)(H,39,42)/t26?,30-,31+,32+,36+/m1/s1. The van der Waals surface area contributed by atoms with Crippen LogP contribution in [0.5, 0.6) is 5.75 Å². The van der Waals surface area contributed by atoms with Gasteiger partial charge in [-0.05, 0) is 60.8 Å². The molecular weight excluding hydrogens is 584 g/mol. The number of likely N-dealkylation sites (tertiary alicyclic amines) is 1. The second-order valence-electron chi connectivity index (χ2n) is 12.8. The molecule has 2 aromatic carbocycles. The molecule has 1 aliphatic rings. The van der Waals surface area contributed by atoms with Crippen molar-refractivity contribution in [2.45, 2.75) is 90.1 Å². The third-order valence-electron chi connectivity index (χ3n) is 9.04. The minimum absolute atomic E-state index is 0.144. The lowest BCUT2D eigenvalue weighted by atomic mass is 9.81. The quantitative estimate of drug-likeness (QED) is 0.186. The van der Waals surface area contributed by atoms with Crippen LogP contribution in [0.4, 0.5) is 0 Å². The van der Waals surface area contributed by atoms with Gasteiger partial charge in [0.15, 0.2) is 0 Å². The second kappa shape index (κ2) is 18.0. The molecule has 5 atom stereocenters. The Balaban J connectivity index is 1.81. The summed E-state index contributed by atoms with van der Waals surface area (Å²) < 4.78 is 10.3. The average molecular weight is 639 g/mol. The molecule has 1 heterocycles. The molecule has 3 amide bonds. The zero-order chi connectivity index (χ0) is 33.7. The minimum Gasteiger partial charge on any atom is -0.497 e. The van der Waals surface area contributed by atoms with E-state index in [1.165, 1.54) is 7.11 Å². The highest BCUT2D eigenvalue weighted by atomic mass is 16.5. The molecule has 2 aromatic rings. The number of carbonyl (C=O) groups is 3. The smallest absolute Gasteiger partial charge is 0.249 e. The van der Waals surface area contributed by atoms with E-state index in [4.69, 9.17) is 9.47 Å². The van der Waals surface area contributed by atoms with Crippen LogP contribution in [0.2, 0.25) is 0 Å². The van der Waals surface area contributed by atoms with Crippen molar-refractivity contribution in [1.29, 1.82) is 0 Å². The molecule has 0 radical (unpaired) electrons. The summed E-state index contributed by atoms with van der Waals surface area (Å²) in [6.45, 7) is 9.05. The van der Waals surface area contributed by atoms with E-state index in [1.807, 2.05) is 68.4 Å². The fourth-order valence-corrected chi connectivity index (χ4v) is 6.28. The van der Waals surface area contributed by atoms with Gasteiger partial charge in [-0.1, -0.05) is 76.6 Å². The van der Waals surface area contributed by atoms with E-state index in [1.54, 1.807) is 12.0 Å². The molecule has 1 fully saturated rings. The van der Waals surface area contributed by atoms with E-state index >= 15 is 0 Å². The largest absolute Gasteiger partial charge is 0.497 e. The van der Waals surface area contributed by atoms with Crippen LogP contribution in [0.15, 0.2) is 54.6 Å². The van der Waals surface area contributed by atoms with Crippen LogP contribution in [0.3, 0.4) is 0 Å². The number of amides is 3. The lowest BCUT2D eigenvalue weighted by molar-refractivity contribution is -0.145. The van der Waals surface area contributed by atoms with Crippen LogP contribution < -0.4 is 20.7 Å². The predicted octanol–water partition coefficient (Wildman–Crippen LogP) is 3.46. The molecule has 254 valence electrons. The Morgan fingerprint density at radius 2 is 1.76 bits per heavy atom. The first kappa shape index (κ1) is 37.0. The molecule has 46 heavy (non-hydrogen) atoms. The first-order chi connectivity index (χ1) is 22.0. The molecule has 0 aliphatic carbocycles. The SMILES string of the molecule is CCC(C)[C@@]1(NC(=O)COC)CCN([C@@H](CCc2ccccc2)C(=O)N[C@H](CC(C)C)[C@@H](O)CNCc2cccc(OC)c2)C1=O. The van der Waals surface area contributed by atoms with Gasteiger partial charge in [0, 0.05) is 26.7 Å². The minimum atomic E-state index is -1.11. The molecule has 1 saturated heterocycles. The van der Waals surface area contributed by atoms with E-state index < -0.39 is 23.7 Å². The van der Waals surface area contributed by atoms with Gasteiger partial charge < -0.3 is 35.4 Å². The van der Waals surface area contributed by atoms with Gasteiger partial charge in [-0.3, -0.25) is 14.4 Å². The lowest BCUT2D eigenvalue weighted by Gasteiger charge is -2.36. The van der Waals surface area contributed by atoms with Crippen molar-refractivity contribution < 1.29 is 29.0 Å². The van der Waals surface area contributed by atoms with Crippen LogP contribution >= 0.6 is 0 Å². The number of methoxy groups -OCH3 is 2. The summed E-state index contributed by atoms with van der Waals surface area (Å²) >= 11 is 0. The highest BCUT2D eigenvalue weighted by molar-refractivity contribution is 5.97. The van der Waals surface area contributed by atoms with Gasteiger partial charge in [0.1, 0.15) is 23.9 Å². The van der Waals surface area contributed by atoms with Gasteiger partial charge in [-0.2, -0.15) is 0 Å². The van der Waals surface area contributed by atoms with Gasteiger partial charge in [0.05, 0.1) is 19.3 Å². The third kappa shape index (κ3) is 10.0. The predicted molar refractivity (Wildman–Crippen MR) is 179 cm³/mol. The van der Waals surface area contributed by atoms with Crippen LogP contribution in [-0.4, -0.2) is 85.4 Å². The normalized spacial score (nSPS) is 19.0. The molecule has 3 rings (SSSR count). The van der Waals surface area contributed by atoms with Crippen molar-refractivity contribution in [2.75, 3.05) is 33.9 Å². The molecular formula is C36H54N4O6. The Labute approximate surface area is 274 Å². The van der Waals surface area contributed by atoms with Crippen LogP contribution in [0.25, 0.3) is 0 Å². The van der Waals surface area contributed by atoms with Gasteiger partial charge in [-0.15, -0.1) is 0 Å². The van der Waals surface area contributed by atoms with Gasteiger partial charge in [0.2, 0.25) is 17.7 Å². The Kier molecular flexibility index (Phi) is 14.5. The number of aliphatic hydroxyl groups is 1. The maximum absolute atomic E-state index is 14.3. The monoisotopic (exact) mass is 638 g/mol. The van der Waals surface area contributed by atoms with Crippen molar-refractivity contribution in [3.63, 3.8) is 0 Å². The van der Waals surface area contributed by atoms with E-state index in [0.717, 1.165) is 16.9 Å². The number of hydrogen-bond donors (Lipinski definition) is 4. The Hall–Kier alpha value is -3.47. The first-order valence-electron chi connectivity index (χ1n) is 16.5. The number of rotatable bonds is 19. The van der Waals surface area contributed by atoms with E-state index in [9.17, 15) is 19.5 Å². The Bertz CT molecular complexity index is 1260. The zero-order valence-electron chi connectivity index (χ0n) is 28.4. The third-order valence-corrected chi connectivity index (χ3v) is 9.04. The summed E-state index contributed by atoms with van der Waals surface area (Å²) in [5.41, 5.74) is 0.970. The molecule has 10 heteroatoms. The van der Waals surface area contributed by atoms with Crippen molar-refractivity contribution in [1.82, 2.24) is 20.9 Å². The lowest BCUT2D eigenvalue weighted by Crippen LogP contribution is -2.61. The molecule has 0 aromatic heterocycles. The van der Waals surface area contributed by atoms with E-state index in [0.29, 0.717) is 45.2 Å². The molecule has 0 bridgehead atoms. The summed E-state index contributed by atoms with van der Waals surface area (Å²) in [7, 11) is 3.07. The van der Waals surface area contributed by atoms with Crippen molar-refractivity contribution in [3.8, 4) is 5.75 Å². The Morgan fingerprint density at radius 3 is 2.41 bits per heavy atom. The van der Waals surface area contributed by atoms with Gasteiger partial charge in [0.25, 0.3) is 0 Å². The van der Waals surface area contributed by atoms with Crippen molar-refractivity contribution in [3.05, 3.63) is 65.7 Å². The molecule has 1 unspecified atom stereocenters.